The monoisotopic (exact) mass is 317 g/mol. The van der Waals surface area contributed by atoms with E-state index in [1.165, 1.54) is 0 Å². The Balaban J connectivity index is 1.61. The predicted molar refractivity (Wildman–Crippen MR) is 85.9 cm³/mol. The first-order valence-corrected chi connectivity index (χ1v) is 8.09. The number of urea groups is 1. The molecular weight excluding hydrogens is 298 g/mol. The van der Waals surface area contributed by atoms with Crippen LogP contribution in [0.3, 0.4) is 0 Å². The molecule has 3 N–H and O–H groups in total. The molecule has 1 heterocycles. The summed E-state index contributed by atoms with van der Waals surface area (Å²) in [7, 11) is 0. The first kappa shape index (κ1) is 15.0. The summed E-state index contributed by atoms with van der Waals surface area (Å²) in [5, 5.41) is 16.8. The summed E-state index contributed by atoms with van der Waals surface area (Å²) in [5.41, 5.74) is 3.04. The van der Waals surface area contributed by atoms with E-state index in [-0.39, 0.29) is 12.1 Å². The summed E-state index contributed by atoms with van der Waals surface area (Å²) >= 11 is 1.59. The van der Waals surface area contributed by atoms with E-state index in [0.29, 0.717) is 13.0 Å². The maximum Gasteiger partial charge on any atom is 0.315 e. The van der Waals surface area contributed by atoms with Crippen molar-refractivity contribution in [2.24, 2.45) is 0 Å². The third-order valence-electron chi connectivity index (χ3n) is 3.90. The Bertz CT molecular complexity index is 698. The largest absolute Gasteiger partial charge is 0.390 e. The number of nitrogens with zero attached hydrogens (tertiary/aromatic N) is 1. The molecular formula is C16H19N3O2S. The zero-order chi connectivity index (χ0) is 15.7. The van der Waals surface area contributed by atoms with Gasteiger partial charge < -0.3 is 15.7 Å². The minimum absolute atomic E-state index is 0.272. The topological polar surface area (TPSA) is 74.2 Å². The fourth-order valence-corrected chi connectivity index (χ4v) is 3.72. The second-order valence-electron chi connectivity index (χ2n) is 5.52. The lowest BCUT2D eigenvalue weighted by Gasteiger charge is -2.18. The standard InChI is InChI=1S/C16H19N3O2S/c1-9-14(22-10(2)18-9)8-17-16(21)19-15-12-6-4-3-5-11(12)7-13(15)20/h3-6,13,15,20H,7-8H2,1-2H3,(H2,17,19,21). The molecule has 0 saturated heterocycles. The highest BCUT2D eigenvalue weighted by Gasteiger charge is 2.31. The van der Waals surface area contributed by atoms with Crippen molar-refractivity contribution in [2.45, 2.75) is 39.0 Å². The van der Waals surface area contributed by atoms with E-state index in [0.717, 1.165) is 26.7 Å². The highest BCUT2D eigenvalue weighted by Crippen LogP contribution is 2.31. The normalized spacial score (nSPS) is 19.8. The number of aromatic nitrogens is 1. The van der Waals surface area contributed by atoms with E-state index in [2.05, 4.69) is 15.6 Å². The minimum Gasteiger partial charge on any atom is -0.390 e. The van der Waals surface area contributed by atoms with Crippen LogP contribution in [-0.2, 0) is 13.0 Å². The summed E-state index contributed by atoms with van der Waals surface area (Å²) in [5.74, 6) is 0. The molecule has 1 aliphatic carbocycles. The van der Waals surface area contributed by atoms with Crippen molar-refractivity contribution >= 4 is 17.4 Å². The van der Waals surface area contributed by atoms with Crippen molar-refractivity contribution in [2.75, 3.05) is 0 Å². The summed E-state index contributed by atoms with van der Waals surface area (Å²) < 4.78 is 0. The molecule has 3 rings (SSSR count). The van der Waals surface area contributed by atoms with Gasteiger partial charge in [-0.15, -0.1) is 11.3 Å². The van der Waals surface area contributed by atoms with Crippen LogP contribution < -0.4 is 10.6 Å². The van der Waals surface area contributed by atoms with Gasteiger partial charge in [0.25, 0.3) is 0 Å². The molecule has 0 saturated carbocycles. The minimum atomic E-state index is -0.574. The maximum absolute atomic E-state index is 12.1. The third-order valence-corrected chi connectivity index (χ3v) is 4.97. The average Bonchev–Trinajstić information content (AvgIpc) is 2.96. The third kappa shape index (κ3) is 2.98. The number of aliphatic hydroxyl groups is 1. The van der Waals surface area contributed by atoms with Crippen LogP contribution in [0, 0.1) is 13.8 Å². The number of aliphatic hydroxyl groups excluding tert-OH is 1. The summed E-state index contributed by atoms with van der Waals surface area (Å²) in [6, 6.07) is 7.19. The van der Waals surface area contributed by atoms with Gasteiger partial charge in [-0.25, -0.2) is 9.78 Å². The van der Waals surface area contributed by atoms with Gasteiger partial charge in [0.1, 0.15) is 0 Å². The molecule has 1 aromatic carbocycles. The Morgan fingerprint density at radius 1 is 1.41 bits per heavy atom. The number of hydrogen-bond donors (Lipinski definition) is 3. The van der Waals surface area contributed by atoms with E-state index in [4.69, 9.17) is 0 Å². The molecule has 2 amide bonds. The smallest absolute Gasteiger partial charge is 0.315 e. The fraction of sp³-hybridized carbons (Fsp3) is 0.375. The Labute approximate surface area is 133 Å². The molecule has 6 heteroatoms. The van der Waals surface area contributed by atoms with Crippen LogP contribution >= 0.6 is 11.3 Å². The van der Waals surface area contributed by atoms with Crippen molar-refractivity contribution in [3.8, 4) is 0 Å². The van der Waals surface area contributed by atoms with Crippen LogP contribution in [0.15, 0.2) is 24.3 Å². The van der Waals surface area contributed by atoms with Crippen LogP contribution in [0.5, 0.6) is 0 Å². The molecule has 0 aliphatic heterocycles. The van der Waals surface area contributed by atoms with Crippen LogP contribution in [-0.4, -0.2) is 22.2 Å². The van der Waals surface area contributed by atoms with Gasteiger partial charge in [0.2, 0.25) is 0 Å². The van der Waals surface area contributed by atoms with Crippen LogP contribution in [0.25, 0.3) is 0 Å². The van der Waals surface area contributed by atoms with E-state index in [1.807, 2.05) is 38.1 Å². The number of benzene rings is 1. The molecule has 116 valence electrons. The van der Waals surface area contributed by atoms with Gasteiger partial charge in [-0.05, 0) is 25.0 Å². The molecule has 2 unspecified atom stereocenters. The van der Waals surface area contributed by atoms with E-state index < -0.39 is 6.10 Å². The number of thiazole rings is 1. The first-order valence-electron chi connectivity index (χ1n) is 7.27. The highest BCUT2D eigenvalue weighted by molar-refractivity contribution is 7.11. The number of rotatable bonds is 3. The molecule has 2 atom stereocenters. The second-order valence-corrected chi connectivity index (χ2v) is 6.80. The fourth-order valence-electron chi connectivity index (χ4n) is 2.84. The van der Waals surface area contributed by atoms with E-state index >= 15 is 0 Å². The number of aryl methyl sites for hydroxylation is 2. The zero-order valence-electron chi connectivity index (χ0n) is 12.6. The Morgan fingerprint density at radius 3 is 2.91 bits per heavy atom. The number of carbonyl (C=O) groups is 1. The Morgan fingerprint density at radius 2 is 2.18 bits per heavy atom. The van der Waals surface area contributed by atoms with Gasteiger partial charge in [0.05, 0.1) is 29.4 Å². The van der Waals surface area contributed by atoms with Crippen molar-refractivity contribution in [1.82, 2.24) is 15.6 Å². The zero-order valence-corrected chi connectivity index (χ0v) is 13.4. The van der Waals surface area contributed by atoms with E-state index in [9.17, 15) is 9.90 Å². The molecule has 22 heavy (non-hydrogen) atoms. The molecule has 5 nitrogen and oxygen atoms in total. The summed E-state index contributed by atoms with van der Waals surface area (Å²) in [6.45, 7) is 4.34. The molecule has 0 fully saturated rings. The van der Waals surface area contributed by atoms with Crippen LogP contribution in [0.2, 0.25) is 0 Å². The number of amides is 2. The Kier molecular flexibility index (Phi) is 4.13. The lowest BCUT2D eigenvalue weighted by Crippen LogP contribution is -2.40. The Hall–Kier alpha value is -1.92. The molecule has 0 radical (unpaired) electrons. The van der Waals surface area contributed by atoms with Gasteiger partial charge in [-0.1, -0.05) is 24.3 Å². The van der Waals surface area contributed by atoms with Crippen LogP contribution in [0.4, 0.5) is 4.79 Å². The second kappa shape index (κ2) is 6.06. The lowest BCUT2D eigenvalue weighted by atomic mass is 10.1. The van der Waals surface area contributed by atoms with Crippen molar-refractivity contribution in [3.63, 3.8) is 0 Å². The van der Waals surface area contributed by atoms with Gasteiger partial charge >= 0.3 is 6.03 Å². The number of nitrogens with one attached hydrogen (secondary N) is 2. The van der Waals surface area contributed by atoms with Crippen molar-refractivity contribution in [3.05, 3.63) is 51.0 Å². The SMILES string of the molecule is Cc1nc(C)c(CNC(=O)NC2c3ccccc3CC2O)s1. The summed E-state index contributed by atoms with van der Waals surface area (Å²) in [6.07, 6.45) is 0.00407. The lowest BCUT2D eigenvalue weighted by molar-refractivity contribution is 0.142. The number of hydrogen-bond acceptors (Lipinski definition) is 4. The average molecular weight is 317 g/mol. The molecule has 1 aliphatic rings. The molecule has 2 aromatic rings. The van der Waals surface area contributed by atoms with Gasteiger partial charge in [-0.3, -0.25) is 0 Å². The molecule has 1 aromatic heterocycles. The van der Waals surface area contributed by atoms with Gasteiger partial charge in [0.15, 0.2) is 0 Å². The molecule has 0 bridgehead atoms. The summed E-state index contributed by atoms with van der Waals surface area (Å²) in [4.78, 5) is 17.5. The van der Waals surface area contributed by atoms with Crippen molar-refractivity contribution in [1.29, 1.82) is 0 Å². The highest BCUT2D eigenvalue weighted by atomic mass is 32.1. The van der Waals surface area contributed by atoms with Gasteiger partial charge in [-0.2, -0.15) is 0 Å². The van der Waals surface area contributed by atoms with E-state index in [1.54, 1.807) is 11.3 Å². The van der Waals surface area contributed by atoms with Gasteiger partial charge in [0, 0.05) is 11.3 Å². The molecule has 0 spiro atoms. The van der Waals surface area contributed by atoms with Crippen LogP contribution in [0.1, 0.15) is 32.7 Å². The van der Waals surface area contributed by atoms with Crippen molar-refractivity contribution < 1.29 is 9.90 Å². The maximum atomic E-state index is 12.1. The first-order chi connectivity index (χ1) is 10.5. The number of carbonyl (C=O) groups excluding carboxylic acids is 1. The number of fused-ring (bicyclic) bond motifs is 1. The predicted octanol–water partition coefficient (Wildman–Crippen LogP) is 2.22. The quantitative estimate of drug-likeness (QED) is 0.812.